The van der Waals surface area contributed by atoms with Gasteiger partial charge in [-0.05, 0) is 0 Å². The molecule has 0 aromatic rings. The van der Waals surface area contributed by atoms with Crippen molar-refractivity contribution in [2.75, 3.05) is 0 Å². The van der Waals surface area contributed by atoms with Crippen molar-refractivity contribution in [2.24, 2.45) is 0 Å². The molecule has 0 aliphatic heterocycles. The zero-order chi connectivity index (χ0) is 12.0. The fourth-order valence-electron chi connectivity index (χ4n) is 0. The van der Waals surface area contributed by atoms with Crippen LogP contribution in [0.3, 0.4) is 0 Å². The van der Waals surface area contributed by atoms with E-state index in [4.69, 9.17) is 36.8 Å². The van der Waals surface area contributed by atoms with Crippen LogP contribution >= 0.6 is 0 Å². The smallest absolute Gasteiger partial charge is 0.0462 e. The van der Waals surface area contributed by atoms with Crippen molar-refractivity contribution in [1.29, 1.82) is 26.3 Å². The molecule has 0 spiro atoms. The van der Waals surface area contributed by atoms with E-state index in [9.17, 15) is 0 Å². The molecule has 0 radical (unpaired) electrons. The maximum Gasteiger partial charge on any atom is 0.0462 e. The van der Waals surface area contributed by atoms with Crippen LogP contribution in [-0.2, 0) is 17.1 Å². The molecule has 0 bridgehead atoms. The molecule has 8 heteroatoms. The summed E-state index contributed by atoms with van der Waals surface area (Å²) < 4.78 is 0. The third kappa shape index (κ3) is 92.8. The monoisotopic (exact) mass is 221 g/mol. The number of hydrogen-bond donors (Lipinski definition) is 0. The molecule has 0 amide bonds. The van der Waals surface area contributed by atoms with Crippen molar-refractivity contribution in [1.82, 2.24) is 0 Å². The molecule has 7 nitrogen and oxygen atoms in total. The fraction of sp³-hybridized carbons (Fsp3) is 0. The fourth-order valence-corrected chi connectivity index (χ4v) is 0. The van der Waals surface area contributed by atoms with Crippen molar-refractivity contribution >= 4 is 0 Å². The van der Waals surface area contributed by atoms with Crippen molar-refractivity contribution in [3.8, 4) is 32.9 Å². The van der Waals surface area contributed by atoms with Gasteiger partial charge in [-0.3, -0.25) is 0 Å². The van der Waals surface area contributed by atoms with Gasteiger partial charge in [0.1, 0.15) is 0 Å². The largest absolute Gasteiger partial charge is 0.577 e. The quantitative estimate of drug-likeness (QED) is 0.554. The van der Waals surface area contributed by atoms with Crippen LogP contribution in [0.15, 0.2) is 0 Å². The van der Waals surface area contributed by atoms with E-state index >= 15 is 0 Å². The Kier molecular flexibility index (Phi) is 695. The molecule has 0 aromatic carbocycles. The molecule has 0 unspecified atom stereocenters. The molecule has 13 heavy (non-hydrogen) atoms. The van der Waals surface area contributed by atoms with Crippen molar-refractivity contribution in [2.45, 2.75) is 0 Å². The first-order valence-corrected chi connectivity index (χ1v) is 1.47. The van der Waals surface area contributed by atoms with E-state index < -0.39 is 0 Å². The van der Waals surface area contributed by atoms with Crippen LogP contribution in [-0.4, -0.2) is 0 Å². The topological polar surface area (TPSA) is 158 Å². The molecule has 0 heterocycles. The number of rotatable bonds is 0. The zero-order valence-electron chi connectivity index (χ0n) is 6.33. The Morgan fingerprint density at radius 2 is 0.538 bits per heavy atom. The molecule has 70 valence electrons. The summed E-state index contributed by atoms with van der Waals surface area (Å²) in [6.07, 6.45) is 0. The van der Waals surface area contributed by atoms with Crippen LogP contribution in [0.4, 0.5) is 0 Å². The van der Waals surface area contributed by atoms with E-state index in [1.54, 1.807) is 0 Å². The van der Waals surface area contributed by atoms with Gasteiger partial charge in [-0.2, -0.15) is 0 Å². The van der Waals surface area contributed by atoms with E-state index in [1.807, 2.05) is 0 Å². The Morgan fingerprint density at radius 1 is 0.538 bits per heavy atom. The van der Waals surface area contributed by atoms with Crippen molar-refractivity contribution in [3.05, 3.63) is 10.5 Å². The van der Waals surface area contributed by atoms with Gasteiger partial charge >= 0.3 is 0 Å². The van der Waals surface area contributed by atoms with Gasteiger partial charge in [-0.25, -0.2) is 26.3 Å². The van der Waals surface area contributed by atoms with Crippen LogP contribution in [0.25, 0.3) is 5.59 Å². The molecule has 0 rings (SSSR count). The average molecular weight is 221 g/mol. The number of nitroso groups, excluding NO2 is 1. The molecule has 0 aromatic heterocycles. The maximum atomic E-state index is 7.25. The first-order valence-electron chi connectivity index (χ1n) is 1.47. The number of nitrogens with zero attached hydrogens (tertiary/aromatic N) is 6. The summed E-state index contributed by atoms with van der Waals surface area (Å²) in [5.74, 6) is 0. The second-order valence-electron chi connectivity index (χ2n) is 0. The second-order valence-corrected chi connectivity index (χ2v) is 0. The Morgan fingerprint density at radius 3 is 0.538 bits per heavy atom. The SMILES string of the molecule is C#N.C#N.C#N.C#N.C#N.[Fe].[N-]=O. The van der Waals surface area contributed by atoms with Gasteiger partial charge < -0.3 is 10.5 Å². The minimum absolute atomic E-state index is 0. The standard InChI is InChI=1S/5CHN.Fe.NO/c5*1-2;;1-2/h5*1H;;/q;;;;;;-1. The summed E-state index contributed by atoms with van der Waals surface area (Å²) in [6.45, 7) is 17.5. The van der Waals surface area contributed by atoms with Crippen LogP contribution in [0.2, 0.25) is 0 Å². The Hall–Kier alpha value is -2.43. The van der Waals surface area contributed by atoms with E-state index in [-0.39, 0.29) is 17.1 Å². The summed E-state index contributed by atoms with van der Waals surface area (Å²) in [4.78, 5) is 7.25. The van der Waals surface area contributed by atoms with Crippen molar-refractivity contribution in [3.63, 3.8) is 0 Å². The third-order valence-corrected chi connectivity index (χ3v) is 0. The zero-order valence-corrected chi connectivity index (χ0v) is 7.44. The summed E-state index contributed by atoms with van der Waals surface area (Å²) in [5.41, 5.74) is 5.75. The van der Waals surface area contributed by atoms with Gasteiger partial charge in [-0.1, -0.05) is 0 Å². The molecule has 0 aliphatic rings. The Bertz CT molecular complexity index is 90.4. The van der Waals surface area contributed by atoms with Crippen LogP contribution in [0.1, 0.15) is 0 Å². The predicted octanol–water partition coefficient (Wildman–Crippen LogP) is 1.02. The predicted molar refractivity (Wildman–Crippen MR) is 40.1 cm³/mol. The number of hydrogen-bond acceptors (Lipinski definition) is 6. The van der Waals surface area contributed by atoms with E-state index in [0.29, 0.717) is 0 Å². The first kappa shape index (κ1) is 76.0. The van der Waals surface area contributed by atoms with Crippen molar-refractivity contribution < 1.29 is 17.1 Å². The summed E-state index contributed by atoms with van der Waals surface area (Å²) in [5, 5.41) is 32.5. The maximum absolute atomic E-state index is 7.25. The molecule has 0 aliphatic carbocycles. The van der Waals surface area contributed by atoms with Crippen LogP contribution < -0.4 is 0 Å². The van der Waals surface area contributed by atoms with Gasteiger partial charge in [0, 0.05) is 49.9 Å². The average Bonchev–Trinajstić information content (AvgIpc) is 2.33. The molecule has 0 atom stereocenters. The van der Waals surface area contributed by atoms with Gasteiger partial charge in [0.2, 0.25) is 0 Å². The minimum Gasteiger partial charge on any atom is -0.577 e. The second kappa shape index (κ2) is 119. The van der Waals surface area contributed by atoms with E-state index in [1.165, 1.54) is 0 Å². The third-order valence-electron chi connectivity index (χ3n) is 0. The van der Waals surface area contributed by atoms with Gasteiger partial charge in [0.15, 0.2) is 0 Å². The number of nitriles is 5. The van der Waals surface area contributed by atoms with Gasteiger partial charge in [-0.15, -0.1) is 0 Å². The normalized spacial score (nSPS) is 1.08. The first-order chi connectivity index (χ1) is 6.00. The summed E-state index contributed by atoms with van der Waals surface area (Å²) in [7, 11) is 0. The molecule has 0 fully saturated rings. The van der Waals surface area contributed by atoms with Crippen LogP contribution in [0.5, 0.6) is 0 Å². The summed E-state index contributed by atoms with van der Waals surface area (Å²) in [6, 6.07) is 0. The Labute approximate surface area is 87.3 Å². The molecule has 0 N–H and O–H groups in total. The summed E-state index contributed by atoms with van der Waals surface area (Å²) >= 11 is 0. The molecule has 0 saturated carbocycles. The molecule has 0 saturated heterocycles. The van der Waals surface area contributed by atoms with Gasteiger partial charge in [0.25, 0.3) is 0 Å². The van der Waals surface area contributed by atoms with Gasteiger partial charge in [0.05, 0.1) is 0 Å². The molecular formula is C5H5FeN6O-. The minimum atomic E-state index is 0. The van der Waals surface area contributed by atoms with Crippen LogP contribution in [0, 0.1) is 64.1 Å². The molecular weight excluding hydrogens is 216 g/mol. The Balaban J connectivity index is -0.00000000655. The van der Waals surface area contributed by atoms with E-state index in [0.717, 1.165) is 0 Å². The van der Waals surface area contributed by atoms with E-state index in [2.05, 4.69) is 32.9 Å².